The predicted octanol–water partition coefficient (Wildman–Crippen LogP) is 8.18. The Kier molecular flexibility index (Phi) is 6.88. The summed E-state index contributed by atoms with van der Waals surface area (Å²) >= 11 is 0. The van der Waals surface area contributed by atoms with Crippen molar-refractivity contribution in [3.63, 3.8) is 0 Å². The van der Waals surface area contributed by atoms with Crippen LogP contribution in [0, 0.1) is 23.6 Å². The summed E-state index contributed by atoms with van der Waals surface area (Å²) in [7, 11) is 0. The predicted molar refractivity (Wildman–Crippen MR) is 130 cm³/mol. The van der Waals surface area contributed by atoms with E-state index in [1.54, 1.807) is 0 Å². The first-order valence-electron chi connectivity index (χ1n) is 11.6. The minimum Gasteiger partial charge on any atom is -0.205 e. The molecule has 0 aromatic heterocycles. The minimum atomic E-state index is -0.214. The van der Waals surface area contributed by atoms with Crippen molar-refractivity contribution in [2.75, 3.05) is 0 Å². The Morgan fingerprint density at radius 2 is 1.74 bits per heavy atom. The molecule has 1 heteroatoms. The number of halogens is 1. The molecule has 1 fully saturated rings. The van der Waals surface area contributed by atoms with Crippen LogP contribution < -0.4 is 0 Å². The highest BCUT2D eigenvalue weighted by atomic mass is 19.1. The first-order chi connectivity index (χ1) is 15.2. The fourth-order valence-electron chi connectivity index (χ4n) is 4.73. The largest absolute Gasteiger partial charge is 0.205 e. The van der Waals surface area contributed by atoms with Crippen LogP contribution >= 0.6 is 0 Å². The molecule has 0 N–H and O–H groups in total. The van der Waals surface area contributed by atoms with Crippen molar-refractivity contribution in [3.05, 3.63) is 95.3 Å². The van der Waals surface area contributed by atoms with E-state index in [1.807, 2.05) is 36.4 Å². The van der Waals surface area contributed by atoms with Crippen molar-refractivity contribution in [2.45, 2.75) is 57.8 Å². The third-order valence-corrected chi connectivity index (χ3v) is 6.81. The average molecular weight is 411 g/mol. The Bertz CT molecular complexity index is 1100. The van der Waals surface area contributed by atoms with Gasteiger partial charge in [-0.1, -0.05) is 67.7 Å². The maximum absolute atomic E-state index is 15.1. The van der Waals surface area contributed by atoms with Crippen LogP contribution in [0.25, 0.3) is 10.8 Å². The summed E-state index contributed by atoms with van der Waals surface area (Å²) in [6, 6.07) is 18.3. The molecule has 0 nitrogen and oxygen atoms in total. The Hall–Kier alpha value is -2.85. The van der Waals surface area contributed by atoms with Gasteiger partial charge in [-0.05, 0) is 85.1 Å². The lowest BCUT2D eigenvalue weighted by Gasteiger charge is -2.28. The van der Waals surface area contributed by atoms with Gasteiger partial charge in [0.25, 0.3) is 0 Å². The van der Waals surface area contributed by atoms with E-state index in [2.05, 4.69) is 49.6 Å². The van der Waals surface area contributed by atoms with Crippen LogP contribution in [0.1, 0.15) is 73.6 Å². The molecule has 0 heterocycles. The Morgan fingerprint density at radius 3 is 2.45 bits per heavy atom. The zero-order valence-electron chi connectivity index (χ0n) is 18.5. The van der Waals surface area contributed by atoms with Gasteiger partial charge >= 0.3 is 0 Å². The molecule has 158 valence electrons. The van der Waals surface area contributed by atoms with Gasteiger partial charge in [0.05, 0.1) is 5.56 Å². The van der Waals surface area contributed by atoms with E-state index < -0.39 is 0 Å². The number of fused-ring (bicyclic) bond motifs is 1. The lowest BCUT2D eigenvalue weighted by atomic mass is 9.77. The van der Waals surface area contributed by atoms with E-state index in [0.29, 0.717) is 16.9 Å². The van der Waals surface area contributed by atoms with Gasteiger partial charge in [-0.25, -0.2) is 4.39 Å². The molecular weight excluding hydrogens is 379 g/mol. The topological polar surface area (TPSA) is 0 Å². The van der Waals surface area contributed by atoms with Gasteiger partial charge in [0, 0.05) is 10.9 Å². The van der Waals surface area contributed by atoms with Crippen LogP contribution in [-0.4, -0.2) is 0 Å². The second kappa shape index (κ2) is 9.97. The molecule has 4 rings (SSSR count). The quantitative estimate of drug-likeness (QED) is 0.294. The van der Waals surface area contributed by atoms with Crippen molar-refractivity contribution < 1.29 is 4.39 Å². The molecule has 0 spiro atoms. The van der Waals surface area contributed by atoms with Gasteiger partial charge in [-0.15, -0.1) is 6.58 Å². The SMILES string of the molecule is C=CCCc1ccc(C#Cc2ccc3cc(C4CCC(CC)CC4)ccc3c2F)cc1. The van der Waals surface area contributed by atoms with Crippen LogP contribution in [0.5, 0.6) is 0 Å². The zero-order valence-corrected chi connectivity index (χ0v) is 18.5. The molecule has 3 aromatic rings. The summed E-state index contributed by atoms with van der Waals surface area (Å²) in [5.74, 6) is 7.43. The van der Waals surface area contributed by atoms with Crippen LogP contribution in [0.15, 0.2) is 67.3 Å². The minimum absolute atomic E-state index is 0.214. The van der Waals surface area contributed by atoms with Gasteiger partial charge in [0.2, 0.25) is 0 Å². The molecule has 3 aromatic carbocycles. The Balaban J connectivity index is 1.52. The summed E-state index contributed by atoms with van der Waals surface area (Å²) in [4.78, 5) is 0. The monoisotopic (exact) mass is 410 g/mol. The van der Waals surface area contributed by atoms with Gasteiger partial charge in [0.1, 0.15) is 5.82 Å². The Morgan fingerprint density at radius 1 is 0.968 bits per heavy atom. The third kappa shape index (κ3) is 5.08. The third-order valence-electron chi connectivity index (χ3n) is 6.81. The van der Waals surface area contributed by atoms with Crippen LogP contribution in [-0.2, 0) is 6.42 Å². The first-order valence-corrected chi connectivity index (χ1v) is 11.6. The second-order valence-electron chi connectivity index (χ2n) is 8.81. The molecule has 0 atom stereocenters. The van der Waals surface area contributed by atoms with E-state index in [4.69, 9.17) is 0 Å². The number of allylic oxidation sites excluding steroid dienone is 1. The highest BCUT2D eigenvalue weighted by molar-refractivity contribution is 5.85. The second-order valence-corrected chi connectivity index (χ2v) is 8.81. The van der Waals surface area contributed by atoms with Crippen molar-refractivity contribution in [2.24, 2.45) is 5.92 Å². The molecule has 1 aliphatic rings. The highest BCUT2D eigenvalue weighted by Gasteiger charge is 2.21. The van der Waals surface area contributed by atoms with Crippen molar-refractivity contribution in [1.82, 2.24) is 0 Å². The summed E-state index contributed by atoms with van der Waals surface area (Å²) in [6.45, 7) is 6.06. The molecular formula is C30H31F. The molecule has 1 aliphatic carbocycles. The number of rotatable bonds is 5. The summed E-state index contributed by atoms with van der Waals surface area (Å²) in [5.41, 5.74) is 3.98. The molecule has 0 aliphatic heterocycles. The van der Waals surface area contributed by atoms with E-state index in [9.17, 15) is 0 Å². The van der Waals surface area contributed by atoms with Crippen LogP contribution in [0.2, 0.25) is 0 Å². The first kappa shape index (κ1) is 21.4. The number of hydrogen-bond donors (Lipinski definition) is 0. The smallest absolute Gasteiger partial charge is 0.146 e. The molecule has 0 bridgehead atoms. The summed E-state index contributed by atoms with van der Waals surface area (Å²) in [5, 5.41) is 1.64. The molecule has 0 amide bonds. The maximum Gasteiger partial charge on any atom is 0.146 e. The molecule has 0 saturated heterocycles. The van der Waals surface area contributed by atoms with Crippen LogP contribution in [0.3, 0.4) is 0 Å². The normalized spacial score (nSPS) is 18.4. The van der Waals surface area contributed by atoms with E-state index in [1.165, 1.54) is 43.2 Å². The van der Waals surface area contributed by atoms with E-state index >= 15 is 4.39 Å². The summed E-state index contributed by atoms with van der Waals surface area (Å²) < 4.78 is 15.1. The van der Waals surface area contributed by atoms with Gasteiger partial charge in [-0.3, -0.25) is 0 Å². The maximum atomic E-state index is 15.1. The van der Waals surface area contributed by atoms with E-state index in [-0.39, 0.29) is 5.82 Å². The van der Waals surface area contributed by atoms with Crippen molar-refractivity contribution in [1.29, 1.82) is 0 Å². The van der Waals surface area contributed by atoms with Crippen molar-refractivity contribution in [3.8, 4) is 11.8 Å². The highest BCUT2D eigenvalue weighted by Crippen LogP contribution is 2.38. The molecule has 31 heavy (non-hydrogen) atoms. The molecule has 0 radical (unpaired) electrons. The fourth-order valence-corrected chi connectivity index (χ4v) is 4.73. The van der Waals surface area contributed by atoms with Gasteiger partial charge in [0.15, 0.2) is 0 Å². The van der Waals surface area contributed by atoms with Gasteiger partial charge in [-0.2, -0.15) is 0 Å². The number of hydrogen-bond acceptors (Lipinski definition) is 0. The van der Waals surface area contributed by atoms with Gasteiger partial charge < -0.3 is 0 Å². The van der Waals surface area contributed by atoms with Crippen molar-refractivity contribution >= 4 is 10.8 Å². The number of aryl methyl sites for hydroxylation is 1. The lowest BCUT2D eigenvalue weighted by molar-refractivity contribution is 0.319. The summed E-state index contributed by atoms with van der Waals surface area (Å²) in [6.07, 6.45) is 10.3. The molecule has 0 unspecified atom stereocenters. The average Bonchev–Trinajstić information content (AvgIpc) is 2.83. The van der Waals surface area contributed by atoms with E-state index in [0.717, 1.165) is 29.7 Å². The zero-order chi connectivity index (χ0) is 21.6. The lowest BCUT2D eigenvalue weighted by Crippen LogP contribution is -2.12. The Labute approximate surface area is 186 Å². The number of benzene rings is 3. The van der Waals surface area contributed by atoms with Crippen LogP contribution in [0.4, 0.5) is 4.39 Å². The fraction of sp³-hybridized carbons (Fsp3) is 0.333. The standard InChI is InChI=1S/C30H31F/c1-3-5-6-23-7-9-24(10-8-23)13-16-26-17-18-28-21-27(19-20-29(28)30(26)31)25-14-11-22(4-2)12-15-25/h3,7-10,17-22,25H,1,4-6,11-12,14-15H2,2H3. The molecule has 1 saturated carbocycles.